The molecule has 1 heterocycles. The predicted molar refractivity (Wildman–Crippen MR) is 98.1 cm³/mol. The van der Waals surface area contributed by atoms with Crippen LogP contribution in [0.4, 0.5) is 9.18 Å². The first-order valence-electron chi connectivity index (χ1n) is 8.95. The smallest absolute Gasteiger partial charge is 0.317 e. The summed E-state index contributed by atoms with van der Waals surface area (Å²) in [6.45, 7) is 1.46. The number of likely N-dealkylation sites (tertiary alicyclic amines) is 1. The molecule has 1 saturated heterocycles. The highest BCUT2D eigenvalue weighted by molar-refractivity contribution is 5.84. The Bertz CT molecular complexity index is 746. The summed E-state index contributed by atoms with van der Waals surface area (Å²) in [6, 6.07) is 15.6. The molecule has 26 heavy (non-hydrogen) atoms. The number of nitrogens with one attached hydrogen (secondary N) is 1. The quantitative estimate of drug-likeness (QED) is 0.893. The van der Waals surface area contributed by atoms with Crippen molar-refractivity contribution in [1.82, 2.24) is 10.2 Å². The SMILES string of the molecule is O=C(Cc1ccccc1)C1CCCN(C(=O)NCc2ccc(F)cc2)C1. The van der Waals surface area contributed by atoms with E-state index in [0.29, 0.717) is 26.1 Å². The normalized spacial score (nSPS) is 17.0. The molecule has 0 saturated carbocycles. The number of ketones is 1. The Balaban J connectivity index is 1.51. The fourth-order valence-electron chi connectivity index (χ4n) is 3.26. The van der Waals surface area contributed by atoms with Crippen molar-refractivity contribution in [3.63, 3.8) is 0 Å². The summed E-state index contributed by atoms with van der Waals surface area (Å²) in [4.78, 5) is 26.7. The van der Waals surface area contributed by atoms with Crippen LogP contribution in [0.1, 0.15) is 24.0 Å². The standard InChI is InChI=1S/C21H23FN2O2/c22-19-10-8-17(9-11-19)14-23-21(26)24-12-4-7-18(15-24)20(25)13-16-5-2-1-3-6-16/h1-3,5-6,8-11,18H,4,7,12-15H2,(H,23,26). The topological polar surface area (TPSA) is 49.4 Å². The van der Waals surface area contributed by atoms with E-state index < -0.39 is 0 Å². The monoisotopic (exact) mass is 354 g/mol. The second kappa shape index (κ2) is 8.61. The van der Waals surface area contributed by atoms with Gasteiger partial charge in [-0.3, -0.25) is 4.79 Å². The molecule has 1 N–H and O–H groups in total. The number of hydrogen-bond donors (Lipinski definition) is 1. The zero-order valence-electron chi connectivity index (χ0n) is 14.7. The fourth-order valence-corrected chi connectivity index (χ4v) is 3.26. The van der Waals surface area contributed by atoms with Crippen molar-refractivity contribution in [2.45, 2.75) is 25.8 Å². The highest BCUT2D eigenvalue weighted by atomic mass is 19.1. The first-order valence-corrected chi connectivity index (χ1v) is 8.95. The Morgan fingerprint density at radius 3 is 2.50 bits per heavy atom. The van der Waals surface area contributed by atoms with E-state index in [1.165, 1.54) is 12.1 Å². The van der Waals surface area contributed by atoms with E-state index >= 15 is 0 Å². The van der Waals surface area contributed by atoms with E-state index in [-0.39, 0.29) is 23.5 Å². The van der Waals surface area contributed by atoms with Crippen LogP contribution < -0.4 is 5.32 Å². The third kappa shape index (κ3) is 4.91. The molecule has 4 nitrogen and oxygen atoms in total. The molecule has 1 unspecified atom stereocenters. The first-order chi connectivity index (χ1) is 12.6. The number of urea groups is 1. The largest absolute Gasteiger partial charge is 0.334 e. The van der Waals surface area contributed by atoms with Gasteiger partial charge in [0.05, 0.1) is 0 Å². The maximum absolute atomic E-state index is 12.9. The Hall–Kier alpha value is -2.69. The van der Waals surface area contributed by atoms with Crippen LogP contribution in [0, 0.1) is 11.7 Å². The van der Waals surface area contributed by atoms with Gasteiger partial charge in [-0.25, -0.2) is 9.18 Å². The lowest BCUT2D eigenvalue weighted by molar-refractivity contribution is -0.123. The molecule has 0 spiro atoms. The molecule has 2 aromatic rings. The van der Waals surface area contributed by atoms with Crippen LogP contribution >= 0.6 is 0 Å². The molecule has 1 aliphatic heterocycles. The molecular formula is C21H23FN2O2. The number of halogens is 1. The molecule has 0 aliphatic carbocycles. The zero-order valence-corrected chi connectivity index (χ0v) is 14.7. The number of carbonyl (C=O) groups excluding carboxylic acids is 2. The van der Waals surface area contributed by atoms with Gasteiger partial charge in [-0.05, 0) is 36.1 Å². The lowest BCUT2D eigenvalue weighted by Gasteiger charge is -2.32. The number of piperidine rings is 1. The van der Waals surface area contributed by atoms with Crippen LogP contribution in [0.2, 0.25) is 0 Å². The van der Waals surface area contributed by atoms with E-state index in [4.69, 9.17) is 0 Å². The summed E-state index contributed by atoms with van der Waals surface area (Å²) < 4.78 is 12.9. The number of benzene rings is 2. The van der Waals surface area contributed by atoms with Gasteiger partial charge in [-0.2, -0.15) is 0 Å². The molecule has 1 atom stereocenters. The fraction of sp³-hybridized carbons (Fsp3) is 0.333. The van der Waals surface area contributed by atoms with Gasteiger partial charge in [0.15, 0.2) is 0 Å². The van der Waals surface area contributed by atoms with E-state index in [2.05, 4.69) is 5.32 Å². The highest BCUT2D eigenvalue weighted by Crippen LogP contribution is 2.19. The van der Waals surface area contributed by atoms with Gasteiger partial charge in [-0.15, -0.1) is 0 Å². The van der Waals surface area contributed by atoms with Crippen molar-refractivity contribution < 1.29 is 14.0 Å². The molecule has 1 aliphatic rings. The Morgan fingerprint density at radius 1 is 1.04 bits per heavy atom. The second-order valence-electron chi connectivity index (χ2n) is 6.70. The minimum absolute atomic E-state index is 0.111. The van der Waals surface area contributed by atoms with Gasteiger partial charge in [0.25, 0.3) is 0 Å². The van der Waals surface area contributed by atoms with Gasteiger partial charge >= 0.3 is 6.03 Å². The highest BCUT2D eigenvalue weighted by Gasteiger charge is 2.28. The van der Waals surface area contributed by atoms with Crippen molar-refractivity contribution in [2.24, 2.45) is 5.92 Å². The molecular weight excluding hydrogens is 331 g/mol. The van der Waals surface area contributed by atoms with Crippen LogP contribution in [-0.4, -0.2) is 29.8 Å². The van der Waals surface area contributed by atoms with Gasteiger partial charge in [0, 0.05) is 32.0 Å². The summed E-state index contributed by atoms with van der Waals surface area (Å²) in [5.74, 6) is -0.219. The third-order valence-corrected chi connectivity index (χ3v) is 4.74. The molecule has 1 fully saturated rings. The van der Waals surface area contributed by atoms with Crippen LogP contribution in [0.25, 0.3) is 0 Å². The number of amides is 2. The predicted octanol–water partition coefficient (Wildman–Crippen LogP) is 3.56. The third-order valence-electron chi connectivity index (χ3n) is 4.74. The van der Waals surface area contributed by atoms with Crippen molar-refractivity contribution in [1.29, 1.82) is 0 Å². The van der Waals surface area contributed by atoms with Crippen molar-refractivity contribution >= 4 is 11.8 Å². The Kier molecular flexibility index (Phi) is 6.00. The number of Topliss-reactive ketones (excluding diaryl/α,β-unsaturated/α-hetero) is 1. The number of carbonyl (C=O) groups is 2. The molecule has 2 amide bonds. The summed E-state index contributed by atoms with van der Waals surface area (Å²) in [6.07, 6.45) is 2.07. The molecule has 0 aromatic heterocycles. The van der Waals surface area contributed by atoms with Crippen LogP contribution in [0.15, 0.2) is 54.6 Å². The lowest BCUT2D eigenvalue weighted by atomic mass is 9.90. The number of nitrogens with zero attached hydrogens (tertiary/aromatic N) is 1. The maximum atomic E-state index is 12.9. The zero-order chi connectivity index (χ0) is 18.4. The summed E-state index contributed by atoms with van der Waals surface area (Å²) in [5.41, 5.74) is 1.85. The van der Waals surface area contributed by atoms with E-state index in [9.17, 15) is 14.0 Å². The number of rotatable bonds is 5. The number of hydrogen-bond acceptors (Lipinski definition) is 2. The molecule has 5 heteroatoms. The summed E-state index contributed by atoms with van der Waals surface area (Å²) in [7, 11) is 0. The van der Waals surface area contributed by atoms with E-state index in [1.54, 1.807) is 17.0 Å². The first kappa shape index (κ1) is 18.1. The van der Waals surface area contributed by atoms with Gasteiger partial charge in [0.2, 0.25) is 0 Å². The van der Waals surface area contributed by atoms with Crippen LogP contribution in [0.3, 0.4) is 0 Å². The molecule has 3 rings (SSSR count). The van der Waals surface area contributed by atoms with Gasteiger partial charge in [0.1, 0.15) is 11.6 Å². The lowest BCUT2D eigenvalue weighted by Crippen LogP contribution is -2.47. The summed E-state index contributed by atoms with van der Waals surface area (Å²) >= 11 is 0. The Labute approximate surface area is 153 Å². The van der Waals surface area contributed by atoms with Crippen molar-refractivity contribution in [3.05, 3.63) is 71.5 Å². The van der Waals surface area contributed by atoms with E-state index in [1.807, 2.05) is 30.3 Å². The van der Waals surface area contributed by atoms with Crippen molar-refractivity contribution in [3.8, 4) is 0 Å². The van der Waals surface area contributed by atoms with E-state index in [0.717, 1.165) is 24.0 Å². The average Bonchev–Trinajstić information content (AvgIpc) is 2.68. The molecule has 136 valence electrons. The van der Waals surface area contributed by atoms with Gasteiger partial charge < -0.3 is 10.2 Å². The average molecular weight is 354 g/mol. The second-order valence-corrected chi connectivity index (χ2v) is 6.70. The minimum atomic E-state index is -0.295. The summed E-state index contributed by atoms with van der Waals surface area (Å²) in [5, 5.41) is 2.85. The minimum Gasteiger partial charge on any atom is -0.334 e. The molecule has 0 bridgehead atoms. The van der Waals surface area contributed by atoms with Crippen LogP contribution in [-0.2, 0) is 17.8 Å². The Morgan fingerprint density at radius 2 is 1.77 bits per heavy atom. The van der Waals surface area contributed by atoms with Gasteiger partial charge in [-0.1, -0.05) is 42.5 Å². The maximum Gasteiger partial charge on any atom is 0.317 e. The molecule has 2 aromatic carbocycles. The molecule has 0 radical (unpaired) electrons. The van der Waals surface area contributed by atoms with Crippen LogP contribution in [0.5, 0.6) is 0 Å². The van der Waals surface area contributed by atoms with Crippen molar-refractivity contribution in [2.75, 3.05) is 13.1 Å².